The van der Waals surface area contributed by atoms with E-state index >= 15 is 0 Å². The average Bonchev–Trinajstić information content (AvgIpc) is 3.00. The smallest absolute Gasteiger partial charge is 0.243 e. The molecule has 0 radical (unpaired) electrons. The van der Waals surface area contributed by atoms with E-state index in [2.05, 4.69) is 18.0 Å². The Bertz CT molecular complexity index is 623. The summed E-state index contributed by atoms with van der Waals surface area (Å²) in [6.45, 7) is 4.46. The van der Waals surface area contributed by atoms with Crippen LogP contribution in [0.2, 0.25) is 0 Å². The number of amides is 2. The first kappa shape index (κ1) is 16.6. The third kappa shape index (κ3) is 4.10. The number of carbonyl (C=O) groups is 2. The first-order valence-corrected chi connectivity index (χ1v) is 7.40. The maximum atomic E-state index is 12.2. The maximum Gasteiger partial charge on any atom is 0.243 e. The van der Waals surface area contributed by atoms with Crippen molar-refractivity contribution in [1.29, 1.82) is 5.26 Å². The summed E-state index contributed by atoms with van der Waals surface area (Å²) in [4.78, 5) is 25.7. The predicted octanol–water partition coefficient (Wildman–Crippen LogP) is 1.44. The van der Waals surface area contributed by atoms with E-state index in [1.165, 1.54) is 16.8 Å². The van der Waals surface area contributed by atoms with Gasteiger partial charge in [-0.15, -0.1) is 0 Å². The first-order valence-electron chi connectivity index (χ1n) is 7.40. The monoisotopic (exact) mass is 312 g/mol. The van der Waals surface area contributed by atoms with Crippen molar-refractivity contribution >= 4 is 18.0 Å². The highest BCUT2D eigenvalue weighted by Crippen LogP contribution is 2.28. The Hall–Kier alpha value is -2.81. The van der Waals surface area contributed by atoms with Crippen molar-refractivity contribution in [2.24, 2.45) is 5.92 Å². The van der Waals surface area contributed by atoms with Crippen molar-refractivity contribution in [2.45, 2.75) is 12.5 Å². The third-order valence-corrected chi connectivity index (χ3v) is 3.91. The molecule has 6 nitrogen and oxygen atoms in total. The molecule has 1 saturated heterocycles. The lowest BCUT2D eigenvalue weighted by Gasteiger charge is -2.22. The van der Waals surface area contributed by atoms with Gasteiger partial charge in [0.1, 0.15) is 6.04 Å². The fourth-order valence-corrected chi connectivity index (χ4v) is 2.64. The van der Waals surface area contributed by atoms with Gasteiger partial charge in [0.25, 0.3) is 0 Å². The molecule has 1 aromatic rings. The van der Waals surface area contributed by atoms with Gasteiger partial charge in [0, 0.05) is 30.9 Å². The quantitative estimate of drug-likeness (QED) is 0.806. The van der Waals surface area contributed by atoms with E-state index in [0.29, 0.717) is 19.4 Å². The molecule has 2 unspecified atom stereocenters. The number of likely N-dealkylation sites (N-methyl/N-ethyl adjacent to an activating group) is 1. The molecule has 1 heterocycles. The number of hydrogen-bond acceptors (Lipinski definition) is 4. The molecule has 2 rings (SSSR count). The number of carbonyl (C=O) groups excluding carboxylic acids is 2. The summed E-state index contributed by atoms with van der Waals surface area (Å²) in [7, 11) is 1.54. The molecule has 1 aliphatic rings. The largest absolute Gasteiger partial charge is 0.359 e. The lowest BCUT2D eigenvalue weighted by Crippen LogP contribution is -2.41. The molecule has 1 fully saturated rings. The van der Waals surface area contributed by atoms with Gasteiger partial charge in [-0.05, 0) is 18.6 Å². The Morgan fingerprint density at radius 2 is 2.22 bits per heavy atom. The van der Waals surface area contributed by atoms with E-state index in [4.69, 9.17) is 0 Å². The molecule has 0 saturated carbocycles. The van der Waals surface area contributed by atoms with Crippen LogP contribution < -0.4 is 5.32 Å². The molecular weight excluding hydrogens is 292 g/mol. The van der Waals surface area contributed by atoms with Gasteiger partial charge in [-0.2, -0.15) is 5.26 Å². The number of benzene rings is 1. The molecule has 0 aliphatic carbocycles. The second-order valence-corrected chi connectivity index (χ2v) is 5.66. The summed E-state index contributed by atoms with van der Waals surface area (Å²) in [5.74, 6) is -0.216. The van der Waals surface area contributed by atoms with Crippen LogP contribution >= 0.6 is 0 Å². The first-order chi connectivity index (χ1) is 11.0. The Balaban J connectivity index is 2.00. The highest BCUT2D eigenvalue weighted by Gasteiger charge is 2.36. The summed E-state index contributed by atoms with van der Waals surface area (Å²) < 4.78 is 0. The van der Waals surface area contributed by atoms with E-state index in [1.54, 1.807) is 0 Å². The van der Waals surface area contributed by atoms with Crippen molar-refractivity contribution in [3.8, 4) is 6.07 Å². The van der Waals surface area contributed by atoms with Crippen LogP contribution in [0.3, 0.4) is 0 Å². The van der Waals surface area contributed by atoms with Gasteiger partial charge in [0.05, 0.1) is 12.6 Å². The normalized spacial score (nSPS) is 19.7. The van der Waals surface area contributed by atoms with Crippen molar-refractivity contribution in [3.63, 3.8) is 0 Å². The van der Waals surface area contributed by atoms with Crippen LogP contribution in [0.25, 0.3) is 0 Å². The molecule has 2 amide bonds. The van der Waals surface area contributed by atoms with Crippen LogP contribution in [0.4, 0.5) is 5.69 Å². The summed E-state index contributed by atoms with van der Waals surface area (Å²) in [5, 5.41) is 12.5. The second kappa shape index (κ2) is 7.45. The molecule has 1 aromatic carbocycles. The molecule has 120 valence electrons. The number of para-hydroxylation sites is 1. The summed E-state index contributed by atoms with van der Waals surface area (Å²) in [6.07, 6.45) is 1.15. The molecule has 0 bridgehead atoms. The highest BCUT2D eigenvalue weighted by molar-refractivity contribution is 5.81. The van der Waals surface area contributed by atoms with Crippen LogP contribution in [0.1, 0.15) is 6.42 Å². The third-order valence-electron chi connectivity index (χ3n) is 3.91. The van der Waals surface area contributed by atoms with Crippen LogP contribution in [-0.4, -0.2) is 48.3 Å². The molecular formula is C17H20N4O2. The van der Waals surface area contributed by atoms with Crippen LogP contribution in [0.5, 0.6) is 0 Å². The zero-order valence-corrected chi connectivity index (χ0v) is 13.1. The van der Waals surface area contributed by atoms with E-state index < -0.39 is 6.04 Å². The Morgan fingerprint density at radius 3 is 2.83 bits per heavy atom. The van der Waals surface area contributed by atoms with Gasteiger partial charge in [0.2, 0.25) is 12.3 Å². The molecule has 1 N–H and O–H groups in total. The lowest BCUT2D eigenvalue weighted by molar-refractivity contribution is -0.135. The molecule has 0 spiro atoms. The van der Waals surface area contributed by atoms with Crippen LogP contribution in [0.15, 0.2) is 42.6 Å². The number of nitriles is 1. The van der Waals surface area contributed by atoms with Crippen molar-refractivity contribution < 1.29 is 9.59 Å². The Morgan fingerprint density at radius 1 is 1.52 bits per heavy atom. The number of rotatable bonds is 6. The predicted molar refractivity (Wildman–Crippen MR) is 87.1 cm³/mol. The fourth-order valence-electron chi connectivity index (χ4n) is 2.64. The lowest BCUT2D eigenvalue weighted by atomic mass is 10.0. The summed E-state index contributed by atoms with van der Waals surface area (Å²) in [5.41, 5.74) is 1.71. The summed E-state index contributed by atoms with van der Waals surface area (Å²) >= 11 is 0. The fraction of sp³-hybridized carbons (Fsp3) is 0.353. The van der Waals surface area contributed by atoms with E-state index in [0.717, 1.165) is 11.4 Å². The Labute approximate surface area is 136 Å². The number of nitrogens with one attached hydrogen (secondary N) is 1. The summed E-state index contributed by atoms with van der Waals surface area (Å²) in [6, 6.07) is 11.3. The topological polar surface area (TPSA) is 76.4 Å². The number of anilines is 1. The maximum absolute atomic E-state index is 12.2. The highest BCUT2D eigenvalue weighted by atomic mass is 16.2. The van der Waals surface area contributed by atoms with Gasteiger partial charge in [0.15, 0.2) is 0 Å². The van der Waals surface area contributed by atoms with Gasteiger partial charge >= 0.3 is 0 Å². The zero-order chi connectivity index (χ0) is 16.8. The number of hydrogen-bond donors (Lipinski definition) is 1. The van der Waals surface area contributed by atoms with E-state index in [1.807, 2.05) is 30.3 Å². The minimum absolute atomic E-state index is 0.00495. The Kier molecular flexibility index (Phi) is 5.36. The van der Waals surface area contributed by atoms with Crippen molar-refractivity contribution in [1.82, 2.24) is 9.80 Å². The van der Waals surface area contributed by atoms with Gasteiger partial charge in [-0.1, -0.05) is 24.8 Å². The molecule has 2 atom stereocenters. The molecule has 0 aromatic heterocycles. The SMILES string of the molecule is C=C(Nc1ccccc1)C1CC(C#N)N(C(=O)CN(C)C=O)C1. The minimum atomic E-state index is -0.484. The van der Waals surface area contributed by atoms with Gasteiger partial charge in [-0.25, -0.2) is 0 Å². The molecule has 23 heavy (non-hydrogen) atoms. The number of likely N-dealkylation sites (tertiary alicyclic amines) is 1. The zero-order valence-electron chi connectivity index (χ0n) is 13.1. The van der Waals surface area contributed by atoms with Crippen molar-refractivity contribution in [2.75, 3.05) is 25.5 Å². The van der Waals surface area contributed by atoms with Crippen LogP contribution in [0, 0.1) is 17.2 Å². The second-order valence-electron chi connectivity index (χ2n) is 5.66. The average molecular weight is 312 g/mol. The minimum Gasteiger partial charge on any atom is -0.359 e. The van der Waals surface area contributed by atoms with E-state index in [9.17, 15) is 14.9 Å². The van der Waals surface area contributed by atoms with E-state index in [-0.39, 0.29) is 18.4 Å². The van der Waals surface area contributed by atoms with Gasteiger partial charge < -0.3 is 15.1 Å². The van der Waals surface area contributed by atoms with Gasteiger partial charge in [-0.3, -0.25) is 9.59 Å². The van der Waals surface area contributed by atoms with Crippen LogP contribution in [-0.2, 0) is 9.59 Å². The van der Waals surface area contributed by atoms with Crippen molar-refractivity contribution in [3.05, 3.63) is 42.6 Å². The number of nitrogens with zero attached hydrogens (tertiary/aromatic N) is 3. The molecule has 6 heteroatoms. The standard InChI is InChI=1S/C17H20N4O2/c1-13(19-15-6-4-3-5-7-15)14-8-16(9-18)21(10-14)17(23)11-20(2)12-22/h3-7,12,14,16,19H,1,8,10-11H2,2H3. The molecule has 1 aliphatic heterocycles.